The fourth-order valence-electron chi connectivity index (χ4n) is 2.75. The molecule has 0 unspecified atom stereocenters. The number of rotatable bonds is 4. The molecule has 1 heterocycles. The maximum atomic E-state index is 11.2. The highest BCUT2D eigenvalue weighted by atomic mass is 16.4. The number of aromatic carboxylic acids is 1. The van der Waals surface area contributed by atoms with Gasteiger partial charge in [-0.3, -0.25) is 0 Å². The van der Waals surface area contributed by atoms with Crippen LogP contribution >= 0.6 is 0 Å². The van der Waals surface area contributed by atoms with Crippen LogP contribution < -0.4 is 5.32 Å². The molecule has 4 heteroatoms. The second-order valence-electron chi connectivity index (χ2n) is 5.42. The van der Waals surface area contributed by atoms with E-state index in [-0.39, 0.29) is 5.56 Å². The van der Waals surface area contributed by atoms with Crippen molar-refractivity contribution in [1.29, 1.82) is 0 Å². The summed E-state index contributed by atoms with van der Waals surface area (Å²) in [5.74, 6) is 0.437. The van der Waals surface area contributed by atoms with Gasteiger partial charge in [0.25, 0.3) is 0 Å². The van der Waals surface area contributed by atoms with Crippen molar-refractivity contribution in [3.63, 3.8) is 0 Å². The number of aromatic nitrogens is 1. The van der Waals surface area contributed by atoms with E-state index in [0.29, 0.717) is 11.9 Å². The number of carboxylic acids is 1. The van der Waals surface area contributed by atoms with Crippen LogP contribution in [0.25, 0.3) is 0 Å². The van der Waals surface area contributed by atoms with Gasteiger partial charge in [0.15, 0.2) is 0 Å². The summed E-state index contributed by atoms with van der Waals surface area (Å²) < 4.78 is 0. The van der Waals surface area contributed by atoms with Gasteiger partial charge >= 0.3 is 5.97 Å². The minimum atomic E-state index is -0.919. The molecule has 19 heavy (non-hydrogen) atoms. The third-order valence-corrected chi connectivity index (χ3v) is 4.03. The van der Waals surface area contributed by atoms with Gasteiger partial charge in [-0.25, -0.2) is 9.78 Å². The first-order valence-electron chi connectivity index (χ1n) is 7.07. The zero-order valence-corrected chi connectivity index (χ0v) is 11.6. The summed E-state index contributed by atoms with van der Waals surface area (Å²) in [7, 11) is 0. The Kier molecular flexibility index (Phi) is 4.40. The van der Waals surface area contributed by atoms with Crippen LogP contribution in [0.1, 0.15) is 55.1 Å². The molecule has 1 saturated carbocycles. The average molecular weight is 262 g/mol. The molecule has 0 saturated heterocycles. The molecular formula is C15H22N2O2. The van der Waals surface area contributed by atoms with E-state index >= 15 is 0 Å². The predicted molar refractivity (Wildman–Crippen MR) is 75.6 cm³/mol. The van der Waals surface area contributed by atoms with Gasteiger partial charge < -0.3 is 10.4 Å². The number of aryl methyl sites for hydroxylation is 1. The van der Waals surface area contributed by atoms with Crippen LogP contribution in [0.4, 0.5) is 5.82 Å². The number of pyridine rings is 1. The Balaban J connectivity index is 2.06. The van der Waals surface area contributed by atoms with E-state index in [2.05, 4.69) is 17.2 Å². The molecule has 0 aliphatic heterocycles. The smallest absolute Gasteiger partial charge is 0.339 e. The maximum Gasteiger partial charge on any atom is 0.339 e. The summed E-state index contributed by atoms with van der Waals surface area (Å²) in [6, 6.07) is 3.73. The SMILES string of the molecule is CCC1CCC(Nc2nc(C)ccc2C(=O)O)CC1. The molecule has 2 N–H and O–H groups in total. The molecule has 1 aliphatic rings. The molecule has 0 radical (unpaired) electrons. The first kappa shape index (κ1) is 13.8. The third kappa shape index (κ3) is 3.46. The molecule has 0 atom stereocenters. The number of nitrogens with zero attached hydrogens (tertiary/aromatic N) is 1. The number of anilines is 1. The van der Waals surface area contributed by atoms with Crippen LogP contribution in [-0.4, -0.2) is 22.1 Å². The lowest BCUT2D eigenvalue weighted by Crippen LogP contribution is -2.27. The van der Waals surface area contributed by atoms with Crippen LogP contribution in [0.15, 0.2) is 12.1 Å². The summed E-state index contributed by atoms with van der Waals surface area (Å²) in [6.45, 7) is 4.12. The Hall–Kier alpha value is -1.58. The Labute approximate surface area is 114 Å². The lowest BCUT2D eigenvalue weighted by molar-refractivity contribution is 0.0697. The average Bonchev–Trinajstić information content (AvgIpc) is 2.39. The Bertz CT molecular complexity index is 451. The van der Waals surface area contributed by atoms with Crippen LogP contribution in [0.2, 0.25) is 0 Å². The van der Waals surface area contributed by atoms with Crippen molar-refractivity contribution in [2.75, 3.05) is 5.32 Å². The van der Waals surface area contributed by atoms with E-state index in [1.807, 2.05) is 6.92 Å². The summed E-state index contributed by atoms with van der Waals surface area (Å²) in [4.78, 5) is 15.5. The van der Waals surface area contributed by atoms with E-state index in [4.69, 9.17) is 0 Å². The van der Waals surface area contributed by atoms with Gasteiger partial charge in [0.2, 0.25) is 0 Å². The van der Waals surface area contributed by atoms with Crippen molar-refractivity contribution in [2.24, 2.45) is 5.92 Å². The largest absolute Gasteiger partial charge is 0.478 e. The van der Waals surface area contributed by atoms with Gasteiger partial charge in [0, 0.05) is 11.7 Å². The molecule has 0 bridgehead atoms. The second kappa shape index (κ2) is 6.04. The Morgan fingerprint density at radius 1 is 1.37 bits per heavy atom. The fourth-order valence-corrected chi connectivity index (χ4v) is 2.75. The number of carbonyl (C=O) groups is 1. The molecule has 1 aromatic heterocycles. The van der Waals surface area contributed by atoms with E-state index in [0.717, 1.165) is 24.5 Å². The molecule has 104 valence electrons. The first-order valence-corrected chi connectivity index (χ1v) is 7.07. The lowest BCUT2D eigenvalue weighted by Gasteiger charge is -2.29. The second-order valence-corrected chi connectivity index (χ2v) is 5.42. The highest BCUT2D eigenvalue weighted by Gasteiger charge is 2.22. The van der Waals surface area contributed by atoms with E-state index < -0.39 is 5.97 Å². The third-order valence-electron chi connectivity index (χ3n) is 4.03. The van der Waals surface area contributed by atoms with Crippen LogP contribution in [0, 0.1) is 12.8 Å². The number of carboxylic acid groups (broad SMARTS) is 1. The summed E-state index contributed by atoms with van der Waals surface area (Å²) in [5, 5.41) is 12.5. The number of hydrogen-bond acceptors (Lipinski definition) is 3. The quantitative estimate of drug-likeness (QED) is 0.872. The molecule has 1 aliphatic carbocycles. The van der Waals surface area contributed by atoms with Crippen LogP contribution in [0.5, 0.6) is 0 Å². The number of hydrogen-bond donors (Lipinski definition) is 2. The monoisotopic (exact) mass is 262 g/mol. The van der Waals surface area contributed by atoms with Crippen molar-refractivity contribution in [2.45, 2.75) is 52.0 Å². The standard InChI is InChI=1S/C15H22N2O2/c1-3-11-5-7-12(8-6-11)17-14-13(15(18)19)9-4-10(2)16-14/h4,9,11-12H,3,5-8H2,1-2H3,(H,16,17)(H,18,19). The highest BCUT2D eigenvalue weighted by molar-refractivity contribution is 5.93. The molecule has 4 nitrogen and oxygen atoms in total. The van der Waals surface area contributed by atoms with Gasteiger partial charge in [0.1, 0.15) is 11.4 Å². The first-order chi connectivity index (χ1) is 9.10. The summed E-state index contributed by atoms with van der Waals surface area (Å²) in [5.41, 5.74) is 1.11. The van der Waals surface area contributed by atoms with Gasteiger partial charge in [-0.15, -0.1) is 0 Å². The molecule has 0 amide bonds. The Morgan fingerprint density at radius 2 is 2.05 bits per heavy atom. The van der Waals surface area contributed by atoms with Crippen molar-refractivity contribution < 1.29 is 9.90 Å². The van der Waals surface area contributed by atoms with Gasteiger partial charge in [-0.1, -0.05) is 13.3 Å². The Morgan fingerprint density at radius 3 is 2.63 bits per heavy atom. The zero-order valence-electron chi connectivity index (χ0n) is 11.6. The summed E-state index contributed by atoms with van der Waals surface area (Å²) in [6.07, 6.45) is 5.90. The van der Waals surface area contributed by atoms with E-state index in [1.165, 1.54) is 19.3 Å². The molecule has 0 aromatic carbocycles. The minimum absolute atomic E-state index is 0.267. The predicted octanol–water partition coefficient (Wildman–Crippen LogP) is 3.47. The molecular weight excluding hydrogens is 240 g/mol. The van der Waals surface area contributed by atoms with Gasteiger partial charge in [-0.05, 0) is 50.7 Å². The maximum absolute atomic E-state index is 11.2. The van der Waals surface area contributed by atoms with Gasteiger partial charge in [-0.2, -0.15) is 0 Å². The van der Waals surface area contributed by atoms with Crippen molar-refractivity contribution >= 4 is 11.8 Å². The van der Waals surface area contributed by atoms with E-state index in [1.54, 1.807) is 12.1 Å². The minimum Gasteiger partial charge on any atom is -0.478 e. The molecule has 0 spiro atoms. The van der Waals surface area contributed by atoms with Crippen molar-refractivity contribution in [3.05, 3.63) is 23.4 Å². The van der Waals surface area contributed by atoms with E-state index in [9.17, 15) is 9.90 Å². The fraction of sp³-hybridized carbons (Fsp3) is 0.600. The lowest BCUT2D eigenvalue weighted by atomic mass is 9.84. The molecule has 1 aromatic rings. The van der Waals surface area contributed by atoms with Crippen molar-refractivity contribution in [1.82, 2.24) is 4.98 Å². The van der Waals surface area contributed by atoms with Crippen LogP contribution in [0.3, 0.4) is 0 Å². The normalized spacial score (nSPS) is 23.1. The van der Waals surface area contributed by atoms with Crippen LogP contribution in [-0.2, 0) is 0 Å². The van der Waals surface area contributed by atoms with Gasteiger partial charge in [0.05, 0.1) is 0 Å². The summed E-state index contributed by atoms with van der Waals surface area (Å²) >= 11 is 0. The zero-order chi connectivity index (χ0) is 13.8. The highest BCUT2D eigenvalue weighted by Crippen LogP contribution is 2.28. The number of nitrogens with one attached hydrogen (secondary N) is 1. The van der Waals surface area contributed by atoms with Crippen molar-refractivity contribution in [3.8, 4) is 0 Å². The topological polar surface area (TPSA) is 62.2 Å². The molecule has 2 rings (SSSR count). The molecule has 1 fully saturated rings.